The lowest BCUT2D eigenvalue weighted by molar-refractivity contribution is -0.134. The number of likely N-dealkylation sites (N-methyl/N-ethyl adjacent to an activating group) is 1. The van der Waals surface area contributed by atoms with Crippen molar-refractivity contribution in [3.05, 3.63) is 24.4 Å². The fourth-order valence-corrected chi connectivity index (χ4v) is 5.14. The van der Waals surface area contributed by atoms with Crippen LogP contribution in [0.3, 0.4) is 0 Å². The van der Waals surface area contributed by atoms with Crippen LogP contribution in [0.15, 0.2) is 24.4 Å². The number of piperidine rings is 1. The van der Waals surface area contributed by atoms with E-state index in [0.717, 1.165) is 25.9 Å². The van der Waals surface area contributed by atoms with Gasteiger partial charge in [-0.15, -0.1) is 0 Å². The number of amides is 2. The number of carbonyl (C=O) groups is 2. The summed E-state index contributed by atoms with van der Waals surface area (Å²) in [6.07, 6.45) is 7.31. The molecule has 8 nitrogen and oxygen atoms in total. The van der Waals surface area contributed by atoms with E-state index in [1.165, 1.54) is 0 Å². The second-order valence-corrected chi connectivity index (χ2v) is 8.28. The van der Waals surface area contributed by atoms with Gasteiger partial charge in [0.25, 0.3) is 0 Å². The molecule has 0 saturated carbocycles. The van der Waals surface area contributed by atoms with Crippen molar-refractivity contribution in [2.45, 2.75) is 30.6 Å². The van der Waals surface area contributed by atoms with Crippen LogP contribution in [0.2, 0.25) is 0 Å². The summed E-state index contributed by atoms with van der Waals surface area (Å²) in [5, 5.41) is 7.48. The Balaban J connectivity index is 1.36. The molecule has 1 aromatic rings. The van der Waals surface area contributed by atoms with Gasteiger partial charge in [-0.25, -0.2) is 4.68 Å². The molecule has 0 radical (unpaired) electrons. The molecule has 4 aliphatic heterocycles. The van der Waals surface area contributed by atoms with Gasteiger partial charge in [0.05, 0.1) is 36.7 Å². The predicted octanol–water partition coefficient (Wildman–Crippen LogP) is 0.500. The van der Waals surface area contributed by atoms with Gasteiger partial charge >= 0.3 is 0 Å². The first-order valence-electron chi connectivity index (χ1n) is 9.63. The maximum absolute atomic E-state index is 13.1. The minimum atomic E-state index is -0.632. The van der Waals surface area contributed by atoms with Crippen molar-refractivity contribution in [3.8, 4) is 0 Å². The Morgan fingerprint density at radius 3 is 2.89 bits per heavy atom. The number of rotatable bonds is 3. The van der Waals surface area contributed by atoms with Gasteiger partial charge in [0.1, 0.15) is 11.4 Å². The maximum atomic E-state index is 13.1. The summed E-state index contributed by atoms with van der Waals surface area (Å²) in [6, 6.07) is 2.12. The molecular weight excluding hydrogens is 346 g/mol. The number of fused-ring (bicyclic) bond motifs is 1. The Hall–Kier alpha value is -2.19. The van der Waals surface area contributed by atoms with Crippen molar-refractivity contribution in [1.82, 2.24) is 19.6 Å². The molecular formula is C19H25N5O3. The number of anilines is 1. The van der Waals surface area contributed by atoms with Crippen LogP contribution in [-0.4, -0.2) is 76.8 Å². The van der Waals surface area contributed by atoms with Gasteiger partial charge in [-0.1, -0.05) is 12.2 Å². The fourth-order valence-electron chi connectivity index (χ4n) is 5.14. The molecule has 1 spiro atoms. The van der Waals surface area contributed by atoms with Gasteiger partial charge in [0.2, 0.25) is 11.8 Å². The molecule has 2 bridgehead atoms. The Morgan fingerprint density at radius 1 is 1.33 bits per heavy atom. The van der Waals surface area contributed by atoms with E-state index in [-0.39, 0.29) is 24.0 Å². The third-order valence-electron chi connectivity index (χ3n) is 6.55. The van der Waals surface area contributed by atoms with Gasteiger partial charge in [-0.05, 0) is 33.0 Å². The van der Waals surface area contributed by atoms with Gasteiger partial charge < -0.3 is 19.9 Å². The average molecular weight is 371 g/mol. The summed E-state index contributed by atoms with van der Waals surface area (Å²) >= 11 is 0. The molecule has 5 heterocycles. The Morgan fingerprint density at radius 2 is 2.11 bits per heavy atom. The summed E-state index contributed by atoms with van der Waals surface area (Å²) in [7, 11) is 3.89. The largest absolute Gasteiger partial charge is 0.360 e. The highest BCUT2D eigenvalue weighted by atomic mass is 16.5. The van der Waals surface area contributed by atoms with E-state index in [4.69, 9.17) is 4.74 Å². The van der Waals surface area contributed by atoms with E-state index >= 15 is 0 Å². The maximum Gasteiger partial charge on any atom is 0.232 e. The highest BCUT2D eigenvalue weighted by Gasteiger charge is 2.66. The van der Waals surface area contributed by atoms with E-state index in [1.807, 2.05) is 22.9 Å². The first kappa shape index (κ1) is 16.9. The molecule has 3 unspecified atom stereocenters. The summed E-state index contributed by atoms with van der Waals surface area (Å²) in [5.74, 6) is -0.389. The minimum Gasteiger partial charge on any atom is -0.360 e. The molecule has 1 N–H and O–H groups in total. The monoisotopic (exact) mass is 371 g/mol. The average Bonchev–Trinajstić information content (AvgIpc) is 3.38. The fraction of sp³-hybridized carbons (Fsp3) is 0.632. The van der Waals surface area contributed by atoms with Crippen molar-refractivity contribution in [2.75, 3.05) is 39.0 Å². The second kappa shape index (κ2) is 5.90. The molecule has 1 aromatic heterocycles. The Labute approximate surface area is 158 Å². The van der Waals surface area contributed by atoms with Gasteiger partial charge in [-0.3, -0.25) is 9.59 Å². The van der Waals surface area contributed by atoms with Crippen molar-refractivity contribution in [2.24, 2.45) is 11.8 Å². The standard InChI is InChI=1S/C19H25N5O3/c1-22-9-5-12(6-10-22)24-14(4-8-20-24)21-17(25)15-13-3-7-19(27-13)11-23(2)18(26)16(15)19/h3-4,7-8,12-13,15-16H,5-6,9-11H2,1-2H3,(H,21,25)/t13?,15?,16?,19-/m0/s1. The van der Waals surface area contributed by atoms with Crippen LogP contribution >= 0.6 is 0 Å². The quantitative estimate of drug-likeness (QED) is 0.783. The van der Waals surface area contributed by atoms with E-state index in [2.05, 4.69) is 22.4 Å². The third kappa shape index (κ3) is 2.46. The third-order valence-corrected chi connectivity index (χ3v) is 6.55. The Bertz CT molecular complexity index is 812. The van der Waals surface area contributed by atoms with Crippen LogP contribution in [0.25, 0.3) is 0 Å². The van der Waals surface area contributed by atoms with Crippen LogP contribution < -0.4 is 5.32 Å². The summed E-state index contributed by atoms with van der Waals surface area (Å²) in [6.45, 7) is 2.56. The van der Waals surface area contributed by atoms with Crippen molar-refractivity contribution < 1.29 is 14.3 Å². The lowest BCUT2D eigenvalue weighted by Crippen LogP contribution is -2.41. The zero-order valence-corrected chi connectivity index (χ0v) is 15.7. The van der Waals surface area contributed by atoms with Gasteiger partial charge in [0, 0.05) is 13.1 Å². The zero-order valence-electron chi connectivity index (χ0n) is 15.7. The van der Waals surface area contributed by atoms with Crippen molar-refractivity contribution in [1.29, 1.82) is 0 Å². The highest BCUT2D eigenvalue weighted by molar-refractivity contribution is 5.98. The molecule has 4 aliphatic rings. The van der Waals surface area contributed by atoms with Crippen LogP contribution in [0.1, 0.15) is 18.9 Å². The van der Waals surface area contributed by atoms with Crippen LogP contribution in [0.5, 0.6) is 0 Å². The molecule has 0 aliphatic carbocycles. The van der Waals surface area contributed by atoms with Crippen LogP contribution in [-0.2, 0) is 14.3 Å². The number of aromatic nitrogens is 2. The number of carbonyl (C=O) groups excluding carboxylic acids is 2. The smallest absolute Gasteiger partial charge is 0.232 e. The van der Waals surface area contributed by atoms with E-state index in [0.29, 0.717) is 12.4 Å². The number of ether oxygens (including phenoxy) is 1. The summed E-state index contributed by atoms with van der Waals surface area (Å²) in [4.78, 5) is 29.8. The minimum absolute atomic E-state index is 0.00850. The second-order valence-electron chi connectivity index (χ2n) is 8.28. The number of nitrogens with zero attached hydrogens (tertiary/aromatic N) is 4. The number of hydrogen-bond donors (Lipinski definition) is 1. The molecule has 144 valence electrons. The van der Waals surface area contributed by atoms with E-state index in [1.54, 1.807) is 18.1 Å². The normalized spacial score (nSPS) is 35.9. The zero-order chi connectivity index (χ0) is 18.8. The van der Waals surface area contributed by atoms with Crippen LogP contribution in [0.4, 0.5) is 5.82 Å². The highest BCUT2D eigenvalue weighted by Crippen LogP contribution is 2.51. The topological polar surface area (TPSA) is 79.7 Å². The first-order chi connectivity index (χ1) is 13.0. The van der Waals surface area contributed by atoms with Crippen LogP contribution in [0, 0.1) is 11.8 Å². The summed E-state index contributed by atoms with van der Waals surface area (Å²) < 4.78 is 8.00. The molecule has 3 saturated heterocycles. The molecule has 0 aromatic carbocycles. The van der Waals surface area contributed by atoms with E-state index < -0.39 is 17.4 Å². The molecule has 3 fully saturated rings. The van der Waals surface area contributed by atoms with Gasteiger partial charge in [-0.2, -0.15) is 5.10 Å². The van der Waals surface area contributed by atoms with Crippen molar-refractivity contribution in [3.63, 3.8) is 0 Å². The summed E-state index contributed by atoms with van der Waals surface area (Å²) in [5.41, 5.74) is -0.632. The molecule has 2 amide bonds. The first-order valence-corrected chi connectivity index (χ1v) is 9.63. The number of hydrogen-bond acceptors (Lipinski definition) is 5. The molecule has 8 heteroatoms. The SMILES string of the molecule is CN1CCC(n2nccc2NC(=O)C2C3C=C[C@@]4(CN(C)C(=O)C24)O3)CC1. The molecule has 27 heavy (non-hydrogen) atoms. The molecule has 5 rings (SSSR count). The number of nitrogens with one attached hydrogen (secondary N) is 1. The molecule has 4 atom stereocenters. The lowest BCUT2D eigenvalue weighted by atomic mass is 9.77. The van der Waals surface area contributed by atoms with E-state index in [9.17, 15) is 9.59 Å². The predicted molar refractivity (Wildman–Crippen MR) is 98.0 cm³/mol. The Kier molecular flexibility index (Phi) is 3.70. The van der Waals surface area contributed by atoms with Gasteiger partial charge in [0.15, 0.2) is 0 Å². The lowest BCUT2D eigenvalue weighted by Gasteiger charge is -2.30. The van der Waals surface area contributed by atoms with Crippen molar-refractivity contribution >= 4 is 17.6 Å². The number of likely N-dealkylation sites (tertiary alicyclic amines) is 2.